The van der Waals surface area contributed by atoms with Crippen molar-refractivity contribution in [3.05, 3.63) is 47.0 Å². The van der Waals surface area contributed by atoms with Gasteiger partial charge in [-0.1, -0.05) is 20.3 Å². The van der Waals surface area contributed by atoms with Crippen LogP contribution in [-0.4, -0.2) is 41.5 Å². The predicted molar refractivity (Wildman–Crippen MR) is 138 cm³/mol. The molecule has 0 bridgehead atoms. The smallest absolute Gasteiger partial charge is 0.257 e. The molecule has 1 atom stereocenters. The highest BCUT2D eigenvalue weighted by molar-refractivity contribution is 5.99. The summed E-state index contributed by atoms with van der Waals surface area (Å²) < 4.78 is 5.49. The van der Waals surface area contributed by atoms with E-state index < -0.39 is 0 Å². The van der Waals surface area contributed by atoms with Gasteiger partial charge in [-0.05, 0) is 74.8 Å². The number of aromatic nitrogens is 1. The number of amides is 1. The van der Waals surface area contributed by atoms with Crippen LogP contribution in [0.1, 0.15) is 73.3 Å². The van der Waals surface area contributed by atoms with Crippen LogP contribution in [0.25, 0.3) is 0 Å². The Hall–Kier alpha value is -1.76. The minimum absolute atomic E-state index is 0. The Kier molecular flexibility index (Phi) is 11.0. The van der Waals surface area contributed by atoms with Crippen LogP contribution in [0, 0.1) is 5.92 Å². The number of carbonyl (C=O) groups excluding carboxylic acids is 1. The zero-order valence-corrected chi connectivity index (χ0v) is 21.4. The first-order valence-electron chi connectivity index (χ1n) is 11.9. The van der Waals surface area contributed by atoms with Crippen molar-refractivity contribution in [2.75, 3.05) is 25.0 Å². The summed E-state index contributed by atoms with van der Waals surface area (Å²) in [6.45, 7) is 7.56. The number of rotatable bonds is 7. The maximum Gasteiger partial charge on any atom is 0.257 e. The highest BCUT2D eigenvalue weighted by Crippen LogP contribution is 2.27. The minimum Gasteiger partial charge on any atom is -0.467 e. The third-order valence-corrected chi connectivity index (χ3v) is 6.33. The van der Waals surface area contributed by atoms with Gasteiger partial charge < -0.3 is 20.0 Å². The first-order valence-corrected chi connectivity index (χ1v) is 11.9. The van der Waals surface area contributed by atoms with Crippen LogP contribution < -0.4 is 10.6 Å². The van der Waals surface area contributed by atoms with E-state index in [-0.39, 0.29) is 36.8 Å². The number of nitrogens with one attached hydrogen (secondary N) is 2. The van der Waals surface area contributed by atoms with Gasteiger partial charge >= 0.3 is 0 Å². The fourth-order valence-corrected chi connectivity index (χ4v) is 4.74. The summed E-state index contributed by atoms with van der Waals surface area (Å²) in [7, 11) is 0. The van der Waals surface area contributed by atoms with E-state index in [1.165, 1.54) is 18.4 Å². The molecule has 1 unspecified atom stereocenters. The van der Waals surface area contributed by atoms with E-state index in [2.05, 4.69) is 35.4 Å². The highest BCUT2D eigenvalue weighted by Gasteiger charge is 2.29. The molecule has 2 aromatic rings. The van der Waals surface area contributed by atoms with Crippen molar-refractivity contribution in [1.29, 1.82) is 0 Å². The number of halogens is 2. The van der Waals surface area contributed by atoms with Gasteiger partial charge in [0.25, 0.3) is 5.91 Å². The van der Waals surface area contributed by atoms with Crippen molar-refractivity contribution in [2.45, 2.75) is 71.4 Å². The van der Waals surface area contributed by atoms with Gasteiger partial charge in [-0.25, -0.2) is 4.98 Å². The second-order valence-electron chi connectivity index (χ2n) is 9.34. The summed E-state index contributed by atoms with van der Waals surface area (Å²) in [6.07, 6.45) is 9.40. The lowest BCUT2D eigenvalue weighted by Gasteiger charge is -2.36. The number of nitrogens with zero attached hydrogens (tertiary/aromatic N) is 2. The van der Waals surface area contributed by atoms with Gasteiger partial charge in [-0.15, -0.1) is 24.8 Å². The van der Waals surface area contributed by atoms with E-state index in [1.807, 2.05) is 12.1 Å². The van der Waals surface area contributed by atoms with Crippen molar-refractivity contribution in [2.24, 2.45) is 5.92 Å². The molecule has 0 aromatic carbocycles. The van der Waals surface area contributed by atoms with Crippen LogP contribution in [0.2, 0.25) is 0 Å². The summed E-state index contributed by atoms with van der Waals surface area (Å²) in [5, 5.41) is 6.88. The molecule has 6 nitrogen and oxygen atoms in total. The molecule has 1 amide bonds. The van der Waals surface area contributed by atoms with E-state index in [1.54, 1.807) is 6.26 Å². The van der Waals surface area contributed by atoms with Crippen LogP contribution in [0.3, 0.4) is 0 Å². The quantitative estimate of drug-likeness (QED) is 0.512. The van der Waals surface area contributed by atoms with Gasteiger partial charge in [0, 0.05) is 24.8 Å². The molecule has 2 aliphatic rings. The van der Waals surface area contributed by atoms with Crippen molar-refractivity contribution in [1.82, 2.24) is 15.2 Å². The van der Waals surface area contributed by atoms with Gasteiger partial charge in [-0.2, -0.15) is 0 Å². The molecular weight excluding hydrogens is 459 g/mol. The van der Waals surface area contributed by atoms with Crippen LogP contribution in [-0.2, 0) is 19.4 Å². The molecular formula is C25H38Cl2N4O2. The van der Waals surface area contributed by atoms with Gasteiger partial charge in [0.2, 0.25) is 0 Å². The summed E-state index contributed by atoms with van der Waals surface area (Å²) in [6, 6.07) is 6.19. The standard InChI is InChI=1S/C25H36N4O2.2ClH/c1-18(2)17-29(20-9-6-12-26-15-20)25(30)22-14-19-8-4-3-5-11-23(19)28-24(22)27-16-21-10-7-13-31-21;;/h7,10,13-14,18,20,26H,3-6,8-9,11-12,15-17H2,1-2H3,(H,27,28);2*1H. The molecule has 1 aliphatic carbocycles. The molecule has 1 saturated heterocycles. The Labute approximate surface area is 210 Å². The number of anilines is 1. The molecule has 1 aliphatic heterocycles. The van der Waals surface area contributed by atoms with Crippen molar-refractivity contribution < 1.29 is 9.21 Å². The Balaban J connectivity index is 0.00000193. The molecule has 8 heteroatoms. The van der Waals surface area contributed by atoms with E-state index in [0.29, 0.717) is 23.8 Å². The molecule has 0 saturated carbocycles. The number of hydrogen-bond donors (Lipinski definition) is 2. The van der Waals surface area contributed by atoms with Gasteiger partial charge in [-0.3, -0.25) is 4.79 Å². The van der Waals surface area contributed by atoms with Crippen LogP contribution in [0.15, 0.2) is 28.9 Å². The normalized spacial score (nSPS) is 17.8. The zero-order valence-electron chi connectivity index (χ0n) is 19.8. The molecule has 0 radical (unpaired) electrons. The SMILES string of the molecule is CC(C)CN(C(=O)c1cc2c(nc1NCc1ccco1)CCCCC2)C1CCCNC1.Cl.Cl. The van der Waals surface area contributed by atoms with E-state index in [4.69, 9.17) is 9.40 Å². The first-order chi connectivity index (χ1) is 15.1. The summed E-state index contributed by atoms with van der Waals surface area (Å²) in [4.78, 5) is 21.0. The fraction of sp³-hybridized carbons (Fsp3) is 0.600. The lowest BCUT2D eigenvalue weighted by molar-refractivity contribution is 0.0621. The van der Waals surface area contributed by atoms with Crippen molar-refractivity contribution >= 4 is 36.5 Å². The van der Waals surface area contributed by atoms with Gasteiger partial charge in [0.05, 0.1) is 18.4 Å². The third-order valence-electron chi connectivity index (χ3n) is 6.33. The van der Waals surface area contributed by atoms with Crippen LogP contribution >= 0.6 is 24.8 Å². The Morgan fingerprint density at radius 1 is 1.24 bits per heavy atom. The Morgan fingerprint density at radius 3 is 2.76 bits per heavy atom. The number of furan rings is 1. The number of aryl methyl sites for hydroxylation is 2. The minimum atomic E-state index is 0. The molecule has 33 heavy (non-hydrogen) atoms. The Bertz CT molecular complexity index is 868. The number of hydrogen-bond acceptors (Lipinski definition) is 5. The van der Waals surface area contributed by atoms with Gasteiger partial charge in [0.1, 0.15) is 11.6 Å². The van der Waals surface area contributed by atoms with Crippen molar-refractivity contribution in [3.63, 3.8) is 0 Å². The maximum absolute atomic E-state index is 13.9. The largest absolute Gasteiger partial charge is 0.467 e. The molecule has 2 aromatic heterocycles. The second-order valence-corrected chi connectivity index (χ2v) is 9.34. The number of fused-ring (bicyclic) bond motifs is 1. The molecule has 3 heterocycles. The zero-order chi connectivity index (χ0) is 21.6. The number of carbonyl (C=O) groups is 1. The summed E-state index contributed by atoms with van der Waals surface area (Å²) in [5.74, 6) is 2.05. The number of pyridine rings is 1. The molecule has 1 fully saturated rings. The second kappa shape index (κ2) is 13.2. The molecule has 184 valence electrons. The monoisotopic (exact) mass is 496 g/mol. The average Bonchev–Trinajstić information content (AvgIpc) is 3.20. The van der Waals surface area contributed by atoms with Crippen molar-refractivity contribution in [3.8, 4) is 0 Å². The predicted octanol–water partition coefficient (Wildman–Crippen LogP) is 5.25. The molecule has 0 spiro atoms. The molecule has 2 N–H and O–H groups in total. The maximum atomic E-state index is 13.9. The summed E-state index contributed by atoms with van der Waals surface area (Å²) >= 11 is 0. The topological polar surface area (TPSA) is 70.4 Å². The summed E-state index contributed by atoms with van der Waals surface area (Å²) in [5.41, 5.74) is 3.10. The molecule has 4 rings (SSSR count). The third kappa shape index (κ3) is 7.11. The van der Waals surface area contributed by atoms with E-state index >= 15 is 0 Å². The average molecular weight is 498 g/mol. The van der Waals surface area contributed by atoms with Gasteiger partial charge in [0.15, 0.2) is 0 Å². The number of piperidine rings is 1. The lowest BCUT2D eigenvalue weighted by Crippen LogP contribution is -2.50. The first kappa shape index (κ1) is 27.5. The fourth-order valence-electron chi connectivity index (χ4n) is 4.74. The van der Waals surface area contributed by atoms with Crippen LogP contribution in [0.4, 0.5) is 5.82 Å². The lowest BCUT2D eigenvalue weighted by atomic mass is 10.0. The highest BCUT2D eigenvalue weighted by atomic mass is 35.5. The van der Waals surface area contributed by atoms with E-state index in [9.17, 15) is 4.79 Å². The Morgan fingerprint density at radius 2 is 2.06 bits per heavy atom. The van der Waals surface area contributed by atoms with E-state index in [0.717, 1.165) is 63.2 Å². The van der Waals surface area contributed by atoms with Crippen LogP contribution in [0.5, 0.6) is 0 Å².